The van der Waals surface area contributed by atoms with Crippen LogP contribution in [0.15, 0.2) is 24.5 Å². The molecule has 1 saturated heterocycles. The van der Waals surface area contributed by atoms with Crippen LogP contribution in [0, 0.1) is 0 Å². The van der Waals surface area contributed by atoms with Crippen molar-refractivity contribution in [3.63, 3.8) is 0 Å². The molecule has 1 aliphatic heterocycles. The normalized spacial score (nSPS) is 15.2. The van der Waals surface area contributed by atoms with Gasteiger partial charge in [-0.15, -0.1) is 0 Å². The number of hydrogen-bond acceptors (Lipinski definition) is 4. The van der Waals surface area contributed by atoms with E-state index in [9.17, 15) is 4.79 Å². The summed E-state index contributed by atoms with van der Waals surface area (Å²) in [7, 11) is 1.67. The van der Waals surface area contributed by atoms with E-state index in [4.69, 9.17) is 4.74 Å². The van der Waals surface area contributed by atoms with E-state index in [1.54, 1.807) is 19.5 Å². The first-order valence-corrected chi connectivity index (χ1v) is 6.98. The molecular formula is C14H22N4O2. The molecule has 110 valence electrons. The molecule has 0 unspecified atom stereocenters. The predicted molar refractivity (Wildman–Crippen MR) is 77.9 cm³/mol. The van der Waals surface area contributed by atoms with Gasteiger partial charge in [-0.2, -0.15) is 0 Å². The first-order valence-electron chi connectivity index (χ1n) is 6.98. The van der Waals surface area contributed by atoms with Gasteiger partial charge in [-0.1, -0.05) is 0 Å². The van der Waals surface area contributed by atoms with Crippen LogP contribution < -0.4 is 10.2 Å². The van der Waals surface area contributed by atoms with E-state index in [1.165, 1.54) is 5.69 Å². The van der Waals surface area contributed by atoms with Crippen molar-refractivity contribution >= 4 is 11.7 Å². The van der Waals surface area contributed by atoms with Gasteiger partial charge in [0.15, 0.2) is 0 Å². The molecule has 20 heavy (non-hydrogen) atoms. The lowest BCUT2D eigenvalue weighted by Crippen LogP contribution is -2.52. The number of methoxy groups -OCH3 is 1. The number of urea groups is 1. The average molecular weight is 278 g/mol. The van der Waals surface area contributed by atoms with Crippen molar-refractivity contribution in [2.75, 3.05) is 51.3 Å². The Kier molecular flexibility index (Phi) is 5.61. The Bertz CT molecular complexity index is 405. The summed E-state index contributed by atoms with van der Waals surface area (Å²) in [5.74, 6) is 0. The topological polar surface area (TPSA) is 57.7 Å². The zero-order valence-electron chi connectivity index (χ0n) is 11.9. The molecule has 2 heterocycles. The van der Waals surface area contributed by atoms with Gasteiger partial charge in [0.05, 0.1) is 0 Å². The maximum absolute atomic E-state index is 11.9. The van der Waals surface area contributed by atoms with Crippen molar-refractivity contribution in [1.29, 1.82) is 0 Å². The Morgan fingerprint density at radius 1 is 1.30 bits per heavy atom. The van der Waals surface area contributed by atoms with E-state index < -0.39 is 0 Å². The lowest BCUT2D eigenvalue weighted by atomic mass is 10.3. The van der Waals surface area contributed by atoms with Crippen LogP contribution in [0.1, 0.15) is 6.42 Å². The first-order chi connectivity index (χ1) is 9.81. The summed E-state index contributed by atoms with van der Waals surface area (Å²) in [4.78, 5) is 20.1. The monoisotopic (exact) mass is 278 g/mol. The molecule has 0 atom stereocenters. The number of aromatic nitrogens is 1. The third-order valence-electron chi connectivity index (χ3n) is 3.40. The second-order valence-electron chi connectivity index (χ2n) is 4.76. The zero-order valence-corrected chi connectivity index (χ0v) is 11.9. The van der Waals surface area contributed by atoms with Crippen LogP contribution in [0.3, 0.4) is 0 Å². The van der Waals surface area contributed by atoms with Crippen LogP contribution in [0.2, 0.25) is 0 Å². The summed E-state index contributed by atoms with van der Waals surface area (Å²) < 4.78 is 4.96. The number of carbonyl (C=O) groups is 1. The van der Waals surface area contributed by atoms with Crippen molar-refractivity contribution < 1.29 is 9.53 Å². The molecule has 0 bridgehead atoms. The summed E-state index contributed by atoms with van der Waals surface area (Å²) in [6.07, 6.45) is 4.44. The van der Waals surface area contributed by atoms with Gasteiger partial charge in [0.2, 0.25) is 0 Å². The molecule has 2 amide bonds. The molecule has 1 aromatic heterocycles. The summed E-state index contributed by atoms with van der Waals surface area (Å²) >= 11 is 0. The smallest absolute Gasteiger partial charge is 0.317 e. The fourth-order valence-corrected chi connectivity index (χ4v) is 2.25. The van der Waals surface area contributed by atoms with Gasteiger partial charge in [-0.3, -0.25) is 4.98 Å². The minimum absolute atomic E-state index is 0.0236. The highest BCUT2D eigenvalue weighted by molar-refractivity contribution is 5.74. The van der Waals surface area contributed by atoms with Crippen LogP contribution in [0.5, 0.6) is 0 Å². The summed E-state index contributed by atoms with van der Waals surface area (Å²) in [6.45, 7) is 4.55. The standard InChI is InChI=1S/C14H22N4O2/c1-20-12-2-5-16-14(19)18-10-8-17(9-11-18)13-3-6-15-7-4-13/h3-4,6-7H,2,5,8-12H2,1H3,(H,16,19). The lowest BCUT2D eigenvalue weighted by molar-refractivity contribution is 0.183. The second-order valence-corrected chi connectivity index (χ2v) is 4.76. The van der Waals surface area contributed by atoms with E-state index in [2.05, 4.69) is 15.2 Å². The maximum atomic E-state index is 11.9. The first kappa shape index (κ1) is 14.6. The molecular weight excluding hydrogens is 256 g/mol. The SMILES string of the molecule is COCCCNC(=O)N1CCN(c2ccncc2)CC1. The zero-order chi connectivity index (χ0) is 14.2. The van der Waals surface area contributed by atoms with E-state index in [0.717, 1.165) is 32.6 Å². The minimum Gasteiger partial charge on any atom is -0.385 e. The molecule has 0 aromatic carbocycles. The van der Waals surface area contributed by atoms with Crippen LogP contribution in [0.25, 0.3) is 0 Å². The second kappa shape index (κ2) is 7.69. The lowest BCUT2D eigenvalue weighted by Gasteiger charge is -2.36. The van der Waals surface area contributed by atoms with Gasteiger partial charge in [-0.25, -0.2) is 4.79 Å². The molecule has 6 nitrogen and oxygen atoms in total. The number of hydrogen-bond donors (Lipinski definition) is 1. The number of carbonyl (C=O) groups excluding carboxylic acids is 1. The molecule has 0 radical (unpaired) electrons. The molecule has 1 aromatic rings. The number of amides is 2. The Morgan fingerprint density at radius 2 is 2.00 bits per heavy atom. The van der Waals surface area contributed by atoms with Gasteiger partial charge in [0.25, 0.3) is 0 Å². The number of nitrogens with one attached hydrogen (secondary N) is 1. The van der Waals surface area contributed by atoms with E-state index in [0.29, 0.717) is 13.2 Å². The molecule has 0 spiro atoms. The molecule has 1 aliphatic rings. The Balaban J connectivity index is 1.72. The molecule has 2 rings (SSSR count). The number of anilines is 1. The van der Waals surface area contributed by atoms with Crippen LogP contribution >= 0.6 is 0 Å². The molecule has 1 N–H and O–H groups in total. The molecule has 6 heteroatoms. The number of pyridine rings is 1. The molecule has 1 fully saturated rings. The third kappa shape index (κ3) is 4.09. The molecule has 0 aliphatic carbocycles. The highest BCUT2D eigenvalue weighted by Crippen LogP contribution is 2.14. The van der Waals surface area contributed by atoms with Gasteiger partial charge in [0.1, 0.15) is 0 Å². The number of rotatable bonds is 5. The van der Waals surface area contributed by atoms with Crippen molar-refractivity contribution in [2.45, 2.75) is 6.42 Å². The van der Waals surface area contributed by atoms with E-state index in [-0.39, 0.29) is 6.03 Å². The Labute approximate surface area is 119 Å². The minimum atomic E-state index is 0.0236. The fourth-order valence-electron chi connectivity index (χ4n) is 2.25. The molecule has 0 saturated carbocycles. The Hall–Kier alpha value is -1.82. The van der Waals surface area contributed by atoms with Crippen LogP contribution in [-0.2, 0) is 4.74 Å². The summed E-state index contributed by atoms with van der Waals surface area (Å²) in [5.41, 5.74) is 1.17. The van der Waals surface area contributed by atoms with E-state index >= 15 is 0 Å². The van der Waals surface area contributed by atoms with Crippen molar-refractivity contribution in [3.8, 4) is 0 Å². The third-order valence-corrected chi connectivity index (χ3v) is 3.40. The fraction of sp³-hybridized carbons (Fsp3) is 0.571. The van der Waals surface area contributed by atoms with Crippen molar-refractivity contribution in [3.05, 3.63) is 24.5 Å². The van der Waals surface area contributed by atoms with Crippen molar-refractivity contribution in [1.82, 2.24) is 15.2 Å². The van der Waals surface area contributed by atoms with Crippen LogP contribution in [0.4, 0.5) is 10.5 Å². The number of ether oxygens (including phenoxy) is 1. The van der Waals surface area contributed by atoms with Gasteiger partial charge < -0.3 is 19.9 Å². The summed E-state index contributed by atoms with van der Waals surface area (Å²) in [5, 5.41) is 2.92. The average Bonchev–Trinajstić information content (AvgIpc) is 2.52. The predicted octanol–water partition coefficient (Wildman–Crippen LogP) is 0.950. The maximum Gasteiger partial charge on any atom is 0.317 e. The quantitative estimate of drug-likeness (QED) is 0.815. The number of piperazine rings is 1. The van der Waals surface area contributed by atoms with Gasteiger partial charge in [0, 0.05) is 64.5 Å². The largest absolute Gasteiger partial charge is 0.385 e. The highest BCUT2D eigenvalue weighted by Gasteiger charge is 2.20. The highest BCUT2D eigenvalue weighted by atomic mass is 16.5. The van der Waals surface area contributed by atoms with E-state index in [1.807, 2.05) is 17.0 Å². The van der Waals surface area contributed by atoms with Gasteiger partial charge in [-0.05, 0) is 18.6 Å². The Morgan fingerprint density at radius 3 is 2.65 bits per heavy atom. The van der Waals surface area contributed by atoms with Crippen molar-refractivity contribution in [2.24, 2.45) is 0 Å². The van der Waals surface area contributed by atoms with Crippen LogP contribution in [-0.4, -0.2) is 62.4 Å². The van der Waals surface area contributed by atoms with Gasteiger partial charge >= 0.3 is 6.03 Å². The summed E-state index contributed by atoms with van der Waals surface area (Å²) in [6, 6.07) is 4.02. The number of nitrogens with zero attached hydrogens (tertiary/aromatic N) is 3.